The van der Waals surface area contributed by atoms with Crippen LogP contribution in [0.1, 0.15) is 17.8 Å². The fourth-order valence-corrected chi connectivity index (χ4v) is 2.45. The van der Waals surface area contributed by atoms with Crippen LogP contribution >= 0.6 is 11.3 Å². The van der Waals surface area contributed by atoms with E-state index >= 15 is 0 Å². The van der Waals surface area contributed by atoms with Crippen LogP contribution in [0.25, 0.3) is 10.2 Å². The molecule has 1 aromatic heterocycles. The van der Waals surface area contributed by atoms with E-state index in [4.69, 9.17) is 5.11 Å². The van der Waals surface area contributed by atoms with Crippen molar-refractivity contribution in [2.45, 2.75) is 19.8 Å². The molecule has 0 bridgehead atoms. The van der Waals surface area contributed by atoms with Gasteiger partial charge in [-0.3, -0.25) is 4.79 Å². The normalized spacial score (nSPS) is 10.7. The smallest absolute Gasteiger partial charge is 0.224 e. The van der Waals surface area contributed by atoms with E-state index in [0.717, 1.165) is 20.9 Å². The summed E-state index contributed by atoms with van der Waals surface area (Å²) >= 11 is 1.61. The molecule has 0 radical (unpaired) electrons. The number of hydrogen-bond donors (Lipinski definition) is 2. The lowest BCUT2D eigenvalue weighted by atomic mass is 10.2. The third kappa shape index (κ3) is 3.01. The second-order valence-electron chi connectivity index (χ2n) is 3.79. The van der Waals surface area contributed by atoms with Gasteiger partial charge >= 0.3 is 0 Å². The molecule has 0 saturated heterocycles. The molecular formula is C12H14N2O2S. The van der Waals surface area contributed by atoms with Crippen LogP contribution in [0.4, 0.5) is 5.69 Å². The number of nitrogens with one attached hydrogen (secondary N) is 1. The van der Waals surface area contributed by atoms with Gasteiger partial charge in [0.05, 0.1) is 15.2 Å². The molecule has 4 nitrogen and oxygen atoms in total. The lowest BCUT2D eigenvalue weighted by molar-refractivity contribution is -0.116. The Bertz CT molecular complexity index is 536. The minimum absolute atomic E-state index is 0.0422. The minimum Gasteiger partial charge on any atom is -0.396 e. The summed E-state index contributed by atoms with van der Waals surface area (Å²) in [7, 11) is 0. The molecular weight excluding hydrogens is 236 g/mol. The van der Waals surface area contributed by atoms with Gasteiger partial charge in [0, 0.05) is 18.7 Å². The van der Waals surface area contributed by atoms with Crippen LogP contribution in [0.15, 0.2) is 18.2 Å². The zero-order valence-corrected chi connectivity index (χ0v) is 10.4. The van der Waals surface area contributed by atoms with Gasteiger partial charge in [-0.25, -0.2) is 4.98 Å². The molecule has 1 aromatic carbocycles. The van der Waals surface area contributed by atoms with E-state index < -0.39 is 0 Å². The molecule has 17 heavy (non-hydrogen) atoms. The maximum absolute atomic E-state index is 11.5. The van der Waals surface area contributed by atoms with E-state index in [1.807, 2.05) is 25.1 Å². The molecule has 0 aliphatic carbocycles. The van der Waals surface area contributed by atoms with Crippen LogP contribution in [0, 0.1) is 6.92 Å². The summed E-state index contributed by atoms with van der Waals surface area (Å²) in [4.78, 5) is 15.8. The Hall–Kier alpha value is -1.46. The van der Waals surface area contributed by atoms with Crippen LogP contribution in [-0.4, -0.2) is 22.6 Å². The summed E-state index contributed by atoms with van der Waals surface area (Å²) in [6.07, 6.45) is 0.837. The van der Waals surface area contributed by atoms with Gasteiger partial charge in [-0.15, -0.1) is 11.3 Å². The molecule has 2 aromatic rings. The Morgan fingerprint density at radius 2 is 2.35 bits per heavy atom. The Kier molecular flexibility index (Phi) is 3.71. The van der Waals surface area contributed by atoms with Crippen molar-refractivity contribution in [2.75, 3.05) is 11.9 Å². The van der Waals surface area contributed by atoms with E-state index in [-0.39, 0.29) is 12.5 Å². The number of nitrogens with zero attached hydrogens (tertiary/aromatic N) is 1. The van der Waals surface area contributed by atoms with E-state index in [1.54, 1.807) is 11.3 Å². The van der Waals surface area contributed by atoms with Crippen molar-refractivity contribution >= 4 is 33.1 Å². The van der Waals surface area contributed by atoms with Gasteiger partial charge in [0.2, 0.25) is 5.91 Å². The second kappa shape index (κ2) is 5.25. The summed E-state index contributed by atoms with van der Waals surface area (Å²) in [6.45, 7) is 2.00. The lowest BCUT2D eigenvalue weighted by Crippen LogP contribution is -2.11. The monoisotopic (exact) mass is 250 g/mol. The minimum atomic E-state index is -0.0698. The number of carbonyl (C=O) groups excluding carboxylic acids is 1. The number of hydrogen-bond acceptors (Lipinski definition) is 4. The molecule has 0 unspecified atom stereocenters. The van der Waals surface area contributed by atoms with Crippen molar-refractivity contribution < 1.29 is 9.90 Å². The molecule has 5 heteroatoms. The highest BCUT2D eigenvalue weighted by Gasteiger charge is 2.04. The van der Waals surface area contributed by atoms with Crippen LogP contribution in [0.3, 0.4) is 0 Å². The maximum atomic E-state index is 11.5. The van der Waals surface area contributed by atoms with Gasteiger partial charge in [0.1, 0.15) is 0 Å². The molecule has 2 rings (SSSR count). The van der Waals surface area contributed by atoms with Crippen molar-refractivity contribution in [3.05, 3.63) is 23.2 Å². The Morgan fingerprint density at radius 1 is 1.53 bits per heavy atom. The number of fused-ring (bicyclic) bond motifs is 1. The molecule has 0 atom stereocenters. The number of aryl methyl sites for hydroxylation is 1. The highest BCUT2D eigenvalue weighted by atomic mass is 32.1. The maximum Gasteiger partial charge on any atom is 0.224 e. The van der Waals surface area contributed by atoms with Gasteiger partial charge in [0.15, 0.2) is 0 Å². The standard InChI is InChI=1S/C12H14N2O2S/c1-8-13-10-5-4-9(7-11(10)17-8)14-12(16)3-2-6-15/h4-5,7,15H,2-3,6H2,1H3,(H,14,16). The second-order valence-corrected chi connectivity index (χ2v) is 5.03. The topological polar surface area (TPSA) is 62.2 Å². The van der Waals surface area contributed by atoms with E-state index in [2.05, 4.69) is 10.3 Å². The van der Waals surface area contributed by atoms with Gasteiger partial charge < -0.3 is 10.4 Å². The molecule has 0 saturated carbocycles. The number of benzene rings is 1. The molecule has 0 aliphatic rings. The van der Waals surface area contributed by atoms with Crippen LogP contribution in [0.2, 0.25) is 0 Å². The quantitative estimate of drug-likeness (QED) is 0.875. The average Bonchev–Trinajstić information content (AvgIpc) is 2.65. The highest BCUT2D eigenvalue weighted by Crippen LogP contribution is 2.24. The first kappa shape index (κ1) is 12.0. The number of aromatic nitrogens is 1. The summed E-state index contributed by atoms with van der Waals surface area (Å²) < 4.78 is 1.07. The Balaban J connectivity index is 2.10. The first-order chi connectivity index (χ1) is 8.19. The van der Waals surface area contributed by atoms with Crippen LogP contribution < -0.4 is 5.32 Å². The van der Waals surface area contributed by atoms with Crippen molar-refractivity contribution in [1.29, 1.82) is 0 Å². The van der Waals surface area contributed by atoms with Gasteiger partial charge in [0.25, 0.3) is 0 Å². The van der Waals surface area contributed by atoms with Gasteiger partial charge in [-0.05, 0) is 31.5 Å². The summed E-state index contributed by atoms with van der Waals surface area (Å²) in [5, 5.41) is 12.5. The van der Waals surface area contributed by atoms with E-state index in [0.29, 0.717) is 12.8 Å². The molecule has 1 heterocycles. The highest BCUT2D eigenvalue weighted by molar-refractivity contribution is 7.18. The predicted molar refractivity (Wildman–Crippen MR) is 69.3 cm³/mol. The summed E-state index contributed by atoms with van der Waals surface area (Å²) in [5.74, 6) is -0.0698. The number of aliphatic hydroxyl groups is 1. The Morgan fingerprint density at radius 3 is 3.12 bits per heavy atom. The van der Waals surface area contributed by atoms with Crippen LogP contribution in [-0.2, 0) is 4.79 Å². The van der Waals surface area contributed by atoms with Gasteiger partial charge in [-0.1, -0.05) is 0 Å². The number of anilines is 1. The number of amides is 1. The predicted octanol–water partition coefficient (Wildman–Crippen LogP) is 2.32. The molecule has 0 fully saturated rings. The molecule has 0 spiro atoms. The molecule has 1 amide bonds. The van der Waals surface area contributed by atoms with Crippen molar-refractivity contribution in [3.63, 3.8) is 0 Å². The molecule has 2 N–H and O–H groups in total. The molecule has 90 valence electrons. The van der Waals surface area contributed by atoms with Crippen molar-refractivity contribution in [1.82, 2.24) is 4.98 Å². The van der Waals surface area contributed by atoms with Crippen LogP contribution in [0.5, 0.6) is 0 Å². The summed E-state index contributed by atoms with van der Waals surface area (Å²) in [5.41, 5.74) is 1.74. The summed E-state index contributed by atoms with van der Waals surface area (Å²) in [6, 6.07) is 5.68. The lowest BCUT2D eigenvalue weighted by Gasteiger charge is -2.03. The van der Waals surface area contributed by atoms with E-state index in [1.165, 1.54) is 0 Å². The number of carbonyl (C=O) groups is 1. The largest absolute Gasteiger partial charge is 0.396 e. The first-order valence-corrected chi connectivity index (χ1v) is 6.28. The van der Waals surface area contributed by atoms with Crippen molar-refractivity contribution in [2.24, 2.45) is 0 Å². The fraction of sp³-hybridized carbons (Fsp3) is 0.333. The third-order valence-electron chi connectivity index (χ3n) is 2.34. The Labute approximate surface area is 103 Å². The van der Waals surface area contributed by atoms with E-state index in [9.17, 15) is 4.79 Å². The third-order valence-corrected chi connectivity index (χ3v) is 3.27. The zero-order chi connectivity index (χ0) is 12.3. The fourth-order valence-electron chi connectivity index (χ4n) is 1.58. The number of thiazole rings is 1. The number of rotatable bonds is 4. The van der Waals surface area contributed by atoms with Crippen molar-refractivity contribution in [3.8, 4) is 0 Å². The first-order valence-electron chi connectivity index (χ1n) is 5.47. The number of aliphatic hydroxyl groups excluding tert-OH is 1. The zero-order valence-electron chi connectivity index (χ0n) is 9.56. The average molecular weight is 250 g/mol. The SMILES string of the molecule is Cc1nc2ccc(NC(=O)CCCO)cc2s1. The van der Waals surface area contributed by atoms with Gasteiger partial charge in [-0.2, -0.15) is 0 Å². The molecule has 0 aliphatic heterocycles.